The van der Waals surface area contributed by atoms with Crippen LogP contribution in [0.5, 0.6) is 0 Å². The van der Waals surface area contributed by atoms with Gasteiger partial charge in [-0.3, -0.25) is 4.79 Å². The van der Waals surface area contributed by atoms with Crippen molar-refractivity contribution in [1.82, 2.24) is 10.3 Å². The summed E-state index contributed by atoms with van der Waals surface area (Å²) < 4.78 is 0. The van der Waals surface area contributed by atoms with E-state index in [0.717, 1.165) is 6.42 Å². The number of nitrogens with zero attached hydrogens (tertiary/aromatic N) is 1. The summed E-state index contributed by atoms with van der Waals surface area (Å²) in [7, 11) is 0. The molecule has 2 rings (SSSR count). The fourth-order valence-electron chi connectivity index (χ4n) is 1.71. The number of aromatic carboxylic acids is 1. The maximum Gasteiger partial charge on any atom is 0.354 e. The molecule has 0 bridgehead atoms. The third-order valence-corrected chi connectivity index (χ3v) is 2.58. The summed E-state index contributed by atoms with van der Waals surface area (Å²) in [5.41, 5.74) is 0.00505. The Morgan fingerprint density at radius 1 is 1.59 bits per heavy atom. The molecule has 1 atom stereocenters. The van der Waals surface area contributed by atoms with Crippen LogP contribution in [0.2, 0.25) is 0 Å². The minimum absolute atomic E-state index is 0.00505. The van der Waals surface area contributed by atoms with Gasteiger partial charge in [0.1, 0.15) is 5.82 Å². The summed E-state index contributed by atoms with van der Waals surface area (Å²) in [5.74, 6) is -0.488. The van der Waals surface area contributed by atoms with E-state index in [4.69, 9.17) is 5.11 Å². The predicted octanol–water partition coefficient (Wildman–Crippen LogP) is 0.470. The summed E-state index contributed by atoms with van der Waals surface area (Å²) in [4.78, 5) is 25.6. The molecular formula is C11H13N3O3. The van der Waals surface area contributed by atoms with Crippen LogP contribution in [0, 0.1) is 0 Å². The molecule has 3 N–H and O–H groups in total. The first-order valence-corrected chi connectivity index (χ1v) is 5.39. The molecule has 1 saturated heterocycles. The monoisotopic (exact) mass is 235 g/mol. The minimum Gasteiger partial charge on any atom is -0.477 e. The quantitative estimate of drug-likeness (QED) is 0.705. The maximum absolute atomic E-state index is 11.0. The number of carboxylic acids is 1. The highest BCUT2D eigenvalue weighted by Crippen LogP contribution is 2.09. The van der Waals surface area contributed by atoms with Crippen LogP contribution in [-0.2, 0) is 4.79 Å². The molecule has 0 radical (unpaired) electrons. The van der Waals surface area contributed by atoms with E-state index in [0.29, 0.717) is 18.8 Å². The summed E-state index contributed by atoms with van der Waals surface area (Å²) in [6.07, 6.45) is 1.35. The first-order chi connectivity index (χ1) is 8.15. The fraction of sp³-hybridized carbons (Fsp3) is 0.364. The van der Waals surface area contributed by atoms with Gasteiger partial charge >= 0.3 is 5.97 Å². The summed E-state index contributed by atoms with van der Waals surface area (Å²) >= 11 is 0. The van der Waals surface area contributed by atoms with Gasteiger partial charge in [-0.15, -0.1) is 0 Å². The maximum atomic E-state index is 11.0. The molecule has 1 unspecified atom stereocenters. The highest BCUT2D eigenvalue weighted by Gasteiger charge is 2.20. The normalized spacial score (nSPS) is 18.8. The van der Waals surface area contributed by atoms with E-state index in [2.05, 4.69) is 15.6 Å². The lowest BCUT2D eigenvalue weighted by Crippen LogP contribution is -2.32. The predicted molar refractivity (Wildman–Crippen MR) is 60.9 cm³/mol. The number of anilines is 1. The molecule has 6 nitrogen and oxygen atoms in total. The molecule has 0 saturated carbocycles. The van der Waals surface area contributed by atoms with E-state index in [9.17, 15) is 9.59 Å². The molecule has 90 valence electrons. The van der Waals surface area contributed by atoms with Crippen LogP contribution in [0.3, 0.4) is 0 Å². The zero-order valence-electron chi connectivity index (χ0n) is 9.14. The Morgan fingerprint density at radius 2 is 2.41 bits per heavy atom. The first kappa shape index (κ1) is 11.4. The van der Waals surface area contributed by atoms with Crippen LogP contribution >= 0.6 is 0 Å². The average molecular weight is 235 g/mol. The summed E-state index contributed by atoms with van der Waals surface area (Å²) in [6.45, 7) is 0.557. The van der Waals surface area contributed by atoms with Crippen molar-refractivity contribution in [2.45, 2.75) is 18.9 Å². The van der Waals surface area contributed by atoms with Crippen molar-refractivity contribution in [3.8, 4) is 0 Å². The van der Waals surface area contributed by atoms with Crippen molar-refractivity contribution < 1.29 is 14.7 Å². The zero-order valence-corrected chi connectivity index (χ0v) is 9.14. The van der Waals surface area contributed by atoms with Crippen molar-refractivity contribution in [2.75, 3.05) is 11.9 Å². The fourth-order valence-corrected chi connectivity index (χ4v) is 1.71. The number of carbonyl (C=O) groups is 2. The standard InChI is InChI=1S/C11H13N3O3/c15-10-5-4-7(13-10)6-12-9-3-1-2-8(14-9)11(16)17/h1-3,7H,4-6H2,(H,12,14)(H,13,15)(H,16,17). The van der Waals surface area contributed by atoms with Gasteiger partial charge in [0.15, 0.2) is 5.69 Å². The van der Waals surface area contributed by atoms with E-state index in [1.165, 1.54) is 6.07 Å². The van der Waals surface area contributed by atoms with Crippen molar-refractivity contribution in [3.63, 3.8) is 0 Å². The molecule has 17 heavy (non-hydrogen) atoms. The number of hydrogen-bond acceptors (Lipinski definition) is 4. The second kappa shape index (κ2) is 4.82. The topological polar surface area (TPSA) is 91.3 Å². The smallest absolute Gasteiger partial charge is 0.354 e. The van der Waals surface area contributed by atoms with Gasteiger partial charge in [-0.25, -0.2) is 9.78 Å². The third kappa shape index (κ3) is 2.93. The Kier molecular flexibility index (Phi) is 3.22. The Bertz CT molecular complexity index is 447. The van der Waals surface area contributed by atoms with Crippen LogP contribution in [0.1, 0.15) is 23.3 Å². The molecule has 1 aliphatic heterocycles. The highest BCUT2D eigenvalue weighted by molar-refractivity contribution is 5.85. The lowest BCUT2D eigenvalue weighted by molar-refractivity contribution is -0.119. The minimum atomic E-state index is -1.05. The second-order valence-electron chi connectivity index (χ2n) is 3.90. The van der Waals surface area contributed by atoms with Gasteiger partial charge in [0.2, 0.25) is 5.91 Å². The molecule has 0 aliphatic carbocycles. The van der Waals surface area contributed by atoms with Crippen LogP contribution in [-0.4, -0.2) is 34.6 Å². The number of carbonyl (C=O) groups excluding carboxylic acids is 1. The Labute approximate surface area is 98.1 Å². The van der Waals surface area contributed by atoms with Gasteiger partial charge in [0.05, 0.1) is 0 Å². The average Bonchev–Trinajstić information content (AvgIpc) is 2.73. The van der Waals surface area contributed by atoms with Crippen LogP contribution in [0.4, 0.5) is 5.82 Å². The summed E-state index contributed by atoms with van der Waals surface area (Å²) in [6, 6.07) is 4.86. The number of pyridine rings is 1. The molecule has 1 amide bonds. The van der Waals surface area contributed by atoms with Gasteiger partial charge in [0.25, 0.3) is 0 Å². The Hall–Kier alpha value is -2.11. The Morgan fingerprint density at radius 3 is 3.06 bits per heavy atom. The lowest BCUT2D eigenvalue weighted by Gasteiger charge is -2.11. The van der Waals surface area contributed by atoms with Crippen LogP contribution < -0.4 is 10.6 Å². The number of carboxylic acid groups (broad SMARTS) is 1. The molecular weight excluding hydrogens is 222 g/mol. The molecule has 2 heterocycles. The van der Waals surface area contributed by atoms with Gasteiger partial charge in [-0.05, 0) is 18.6 Å². The van der Waals surface area contributed by atoms with Gasteiger partial charge in [-0.1, -0.05) is 6.07 Å². The Balaban J connectivity index is 1.92. The number of amides is 1. The van der Waals surface area contributed by atoms with Crippen molar-refractivity contribution in [2.24, 2.45) is 0 Å². The SMILES string of the molecule is O=C1CCC(CNc2cccc(C(=O)O)n2)N1. The van der Waals surface area contributed by atoms with Crippen molar-refractivity contribution in [3.05, 3.63) is 23.9 Å². The van der Waals surface area contributed by atoms with E-state index >= 15 is 0 Å². The summed E-state index contributed by atoms with van der Waals surface area (Å²) in [5, 5.41) is 14.6. The van der Waals surface area contributed by atoms with Crippen LogP contribution in [0.15, 0.2) is 18.2 Å². The van der Waals surface area contributed by atoms with Crippen molar-refractivity contribution >= 4 is 17.7 Å². The number of hydrogen-bond donors (Lipinski definition) is 3. The third-order valence-electron chi connectivity index (χ3n) is 2.58. The van der Waals surface area contributed by atoms with E-state index in [-0.39, 0.29) is 17.6 Å². The first-order valence-electron chi connectivity index (χ1n) is 5.39. The number of aromatic nitrogens is 1. The largest absolute Gasteiger partial charge is 0.477 e. The van der Waals surface area contributed by atoms with Gasteiger partial charge < -0.3 is 15.7 Å². The number of rotatable bonds is 4. The molecule has 1 aromatic rings. The molecule has 1 aliphatic rings. The number of nitrogens with one attached hydrogen (secondary N) is 2. The molecule has 6 heteroatoms. The molecule has 0 aromatic carbocycles. The van der Waals surface area contributed by atoms with E-state index < -0.39 is 5.97 Å². The van der Waals surface area contributed by atoms with Crippen LogP contribution in [0.25, 0.3) is 0 Å². The van der Waals surface area contributed by atoms with E-state index in [1.807, 2.05) is 0 Å². The zero-order chi connectivity index (χ0) is 12.3. The van der Waals surface area contributed by atoms with E-state index in [1.54, 1.807) is 12.1 Å². The molecule has 1 fully saturated rings. The lowest BCUT2D eigenvalue weighted by atomic mass is 10.2. The van der Waals surface area contributed by atoms with Gasteiger partial charge in [0, 0.05) is 19.0 Å². The highest BCUT2D eigenvalue weighted by atomic mass is 16.4. The molecule has 1 aromatic heterocycles. The second-order valence-corrected chi connectivity index (χ2v) is 3.90. The van der Waals surface area contributed by atoms with Crippen molar-refractivity contribution in [1.29, 1.82) is 0 Å². The molecule has 0 spiro atoms. The van der Waals surface area contributed by atoms with Gasteiger partial charge in [-0.2, -0.15) is 0 Å².